The summed E-state index contributed by atoms with van der Waals surface area (Å²) in [6.07, 6.45) is 3.67. The van der Waals surface area contributed by atoms with Gasteiger partial charge in [-0.3, -0.25) is 4.90 Å². The van der Waals surface area contributed by atoms with Crippen molar-refractivity contribution in [2.45, 2.75) is 39.2 Å². The number of rotatable bonds is 1. The van der Waals surface area contributed by atoms with Gasteiger partial charge in [-0.25, -0.2) is 0 Å². The minimum atomic E-state index is 0.529. The summed E-state index contributed by atoms with van der Waals surface area (Å²) in [7, 11) is 0. The van der Waals surface area contributed by atoms with E-state index in [-0.39, 0.29) is 0 Å². The van der Waals surface area contributed by atoms with Crippen molar-refractivity contribution in [3.8, 4) is 0 Å². The summed E-state index contributed by atoms with van der Waals surface area (Å²) in [5.41, 5.74) is 7.14. The van der Waals surface area contributed by atoms with Crippen molar-refractivity contribution in [1.82, 2.24) is 9.88 Å². The maximum Gasteiger partial charge on any atom is 0.0473 e. The first-order valence-electron chi connectivity index (χ1n) is 7.80. The van der Waals surface area contributed by atoms with Crippen LogP contribution >= 0.6 is 15.9 Å². The van der Waals surface area contributed by atoms with Crippen LogP contribution in [0.25, 0.3) is 10.9 Å². The van der Waals surface area contributed by atoms with E-state index in [1.165, 1.54) is 44.2 Å². The first kappa shape index (κ1) is 13.6. The lowest BCUT2D eigenvalue weighted by Gasteiger charge is -2.42. The second-order valence-electron chi connectivity index (χ2n) is 6.52. The van der Waals surface area contributed by atoms with Crippen LogP contribution in [0.1, 0.15) is 36.6 Å². The zero-order chi connectivity index (χ0) is 14.7. The Morgan fingerprint density at radius 1 is 1.33 bits per heavy atom. The lowest BCUT2D eigenvalue weighted by Crippen LogP contribution is -2.45. The Kier molecular flexibility index (Phi) is 3.05. The quantitative estimate of drug-likeness (QED) is 0.753. The van der Waals surface area contributed by atoms with E-state index in [0.29, 0.717) is 12.0 Å². The average molecular weight is 345 g/mol. The van der Waals surface area contributed by atoms with Crippen molar-refractivity contribution >= 4 is 26.8 Å². The predicted molar refractivity (Wildman–Crippen MR) is 92.0 cm³/mol. The summed E-state index contributed by atoms with van der Waals surface area (Å²) >= 11 is 3.69. The highest BCUT2D eigenvalue weighted by molar-refractivity contribution is 9.10. The molecule has 0 saturated heterocycles. The second kappa shape index (κ2) is 4.72. The van der Waals surface area contributed by atoms with Gasteiger partial charge in [-0.05, 0) is 50.1 Å². The maximum absolute atomic E-state index is 3.69. The lowest BCUT2D eigenvalue weighted by molar-refractivity contribution is 0.191. The van der Waals surface area contributed by atoms with E-state index in [4.69, 9.17) is 0 Å². The smallest absolute Gasteiger partial charge is 0.0473 e. The number of nitrogens with one attached hydrogen (secondary N) is 1. The lowest BCUT2D eigenvalue weighted by atomic mass is 9.76. The molecule has 2 atom stereocenters. The number of benzene rings is 1. The molecule has 0 amide bonds. The van der Waals surface area contributed by atoms with Crippen LogP contribution in [0.4, 0.5) is 0 Å². The molecule has 1 aliphatic carbocycles. The summed E-state index contributed by atoms with van der Waals surface area (Å²) in [4.78, 5) is 6.23. The molecule has 3 heteroatoms. The fraction of sp³-hybridized carbons (Fsp3) is 0.444. The van der Waals surface area contributed by atoms with Crippen molar-refractivity contribution in [2.24, 2.45) is 0 Å². The van der Waals surface area contributed by atoms with Gasteiger partial charge >= 0.3 is 0 Å². The van der Waals surface area contributed by atoms with Gasteiger partial charge < -0.3 is 4.98 Å². The molecule has 2 heterocycles. The number of likely N-dealkylation sites (N-methyl/N-ethyl adjacent to an activating group) is 1. The van der Waals surface area contributed by atoms with E-state index in [1.54, 1.807) is 0 Å². The third kappa shape index (κ3) is 1.94. The van der Waals surface area contributed by atoms with E-state index < -0.39 is 0 Å². The molecule has 1 aromatic heterocycles. The molecule has 21 heavy (non-hydrogen) atoms. The van der Waals surface area contributed by atoms with E-state index in [9.17, 15) is 0 Å². The molecule has 1 aromatic carbocycles. The van der Waals surface area contributed by atoms with Gasteiger partial charge in [0.05, 0.1) is 0 Å². The van der Waals surface area contributed by atoms with Gasteiger partial charge in [-0.2, -0.15) is 0 Å². The number of hydrogen-bond donors (Lipinski definition) is 1. The summed E-state index contributed by atoms with van der Waals surface area (Å²) < 4.78 is 1.18. The zero-order valence-electron chi connectivity index (χ0n) is 12.8. The Balaban J connectivity index is 2.00. The van der Waals surface area contributed by atoms with Crippen molar-refractivity contribution in [1.29, 1.82) is 0 Å². The molecule has 1 aliphatic heterocycles. The van der Waals surface area contributed by atoms with Crippen molar-refractivity contribution < 1.29 is 0 Å². The van der Waals surface area contributed by atoms with Crippen LogP contribution in [-0.4, -0.2) is 29.0 Å². The Morgan fingerprint density at radius 2 is 2.14 bits per heavy atom. The van der Waals surface area contributed by atoms with Crippen LogP contribution in [0, 0.1) is 6.92 Å². The van der Waals surface area contributed by atoms with Crippen molar-refractivity contribution in [3.05, 3.63) is 45.1 Å². The largest absolute Gasteiger partial charge is 0.358 e. The predicted octanol–water partition coefficient (Wildman–Crippen LogP) is 4.53. The number of aromatic nitrogens is 1. The molecular weight excluding hydrogens is 324 g/mol. The average Bonchev–Trinajstić information content (AvgIpc) is 2.75. The van der Waals surface area contributed by atoms with Crippen LogP contribution < -0.4 is 0 Å². The molecule has 2 aliphatic rings. The van der Waals surface area contributed by atoms with Crippen molar-refractivity contribution in [2.75, 3.05) is 13.1 Å². The van der Waals surface area contributed by atoms with Crippen molar-refractivity contribution in [3.63, 3.8) is 0 Å². The maximum atomic E-state index is 3.69. The van der Waals surface area contributed by atoms with E-state index in [0.717, 1.165) is 13.1 Å². The molecule has 2 nitrogen and oxygen atoms in total. The number of fused-ring (bicyclic) bond motifs is 2. The topological polar surface area (TPSA) is 19.0 Å². The van der Waals surface area contributed by atoms with Gasteiger partial charge in [0.25, 0.3) is 0 Å². The highest BCUT2D eigenvalue weighted by atomic mass is 79.9. The monoisotopic (exact) mass is 344 g/mol. The van der Waals surface area contributed by atoms with Crippen LogP contribution in [0.2, 0.25) is 0 Å². The van der Waals surface area contributed by atoms with Gasteiger partial charge in [-0.15, -0.1) is 0 Å². The third-order valence-corrected chi connectivity index (χ3v) is 5.65. The van der Waals surface area contributed by atoms with Gasteiger partial charge in [0, 0.05) is 39.6 Å². The van der Waals surface area contributed by atoms with Crippen LogP contribution in [-0.2, 0) is 6.42 Å². The minimum absolute atomic E-state index is 0.529. The van der Waals surface area contributed by atoms with Gasteiger partial charge in [0.15, 0.2) is 0 Å². The Morgan fingerprint density at radius 3 is 2.90 bits per heavy atom. The molecule has 0 bridgehead atoms. The fourth-order valence-electron chi connectivity index (χ4n) is 4.29. The molecule has 110 valence electrons. The highest BCUT2D eigenvalue weighted by Crippen LogP contribution is 2.44. The number of nitrogens with zero attached hydrogens (tertiary/aromatic N) is 1. The summed E-state index contributed by atoms with van der Waals surface area (Å²) in [6, 6.07) is 5.16. The Labute approximate surface area is 134 Å². The third-order valence-electron chi connectivity index (χ3n) is 5.19. The molecule has 1 N–H and O–H groups in total. The molecule has 0 spiro atoms. The molecular formula is C18H21BrN2. The molecule has 0 radical (unpaired) electrons. The van der Waals surface area contributed by atoms with Gasteiger partial charge in [0.1, 0.15) is 0 Å². The standard InChI is InChI=1S/C18H21BrN2/c1-4-21-9-10(2)5-14-15-6-12(19)7-16-18(15)13(8-17(14)21)11(3)20-16/h5-7,14,17,20H,4,8-9H2,1-3H3/t14-,17-/m1/s1. The summed E-state index contributed by atoms with van der Waals surface area (Å²) in [5, 5.41) is 1.47. The molecule has 2 aromatic rings. The molecule has 0 fully saturated rings. The van der Waals surface area contributed by atoms with Crippen LogP contribution in [0.3, 0.4) is 0 Å². The summed E-state index contributed by atoms with van der Waals surface area (Å²) in [6.45, 7) is 9.01. The van der Waals surface area contributed by atoms with Gasteiger partial charge in [0.2, 0.25) is 0 Å². The van der Waals surface area contributed by atoms with Crippen LogP contribution in [0.15, 0.2) is 28.3 Å². The normalized spacial score (nSPS) is 25.0. The first-order valence-corrected chi connectivity index (χ1v) is 8.59. The number of H-pyrrole nitrogens is 1. The van der Waals surface area contributed by atoms with E-state index in [1.807, 2.05) is 0 Å². The minimum Gasteiger partial charge on any atom is -0.358 e. The number of aromatic amines is 1. The Hall–Kier alpha value is -1.06. The number of halogens is 1. The first-order chi connectivity index (χ1) is 10.1. The second-order valence-corrected chi connectivity index (χ2v) is 7.44. The highest BCUT2D eigenvalue weighted by Gasteiger charge is 2.36. The zero-order valence-corrected chi connectivity index (χ0v) is 14.4. The fourth-order valence-corrected chi connectivity index (χ4v) is 4.77. The SMILES string of the molecule is CCN1CC(C)=C[C@@H]2c3cc(Br)cc4[nH]c(C)c(c34)C[C@H]21. The molecule has 0 saturated carbocycles. The van der Waals surface area contributed by atoms with E-state index >= 15 is 0 Å². The van der Waals surface area contributed by atoms with Gasteiger partial charge in [-0.1, -0.05) is 34.5 Å². The Bertz CT molecular complexity index is 756. The molecule has 0 unspecified atom stereocenters. The van der Waals surface area contributed by atoms with Crippen LogP contribution in [0.5, 0.6) is 0 Å². The number of hydrogen-bond acceptors (Lipinski definition) is 1. The molecule has 4 rings (SSSR count). The summed E-state index contributed by atoms with van der Waals surface area (Å²) in [5.74, 6) is 0.529. The van der Waals surface area contributed by atoms with E-state index in [2.05, 4.69) is 64.8 Å². The number of aryl methyl sites for hydroxylation is 1.